The van der Waals surface area contributed by atoms with Crippen molar-refractivity contribution in [1.29, 1.82) is 0 Å². The lowest BCUT2D eigenvalue weighted by atomic mass is 9.88. The Kier molecular flexibility index (Phi) is 7.18. The van der Waals surface area contributed by atoms with Gasteiger partial charge in [-0.05, 0) is 48.7 Å². The lowest BCUT2D eigenvalue weighted by Gasteiger charge is -2.32. The van der Waals surface area contributed by atoms with Gasteiger partial charge >= 0.3 is 0 Å². The number of ketones is 2. The second kappa shape index (κ2) is 10.4. The van der Waals surface area contributed by atoms with Gasteiger partial charge in [-0.25, -0.2) is 0 Å². The van der Waals surface area contributed by atoms with Crippen LogP contribution in [0.2, 0.25) is 5.02 Å². The van der Waals surface area contributed by atoms with Crippen LogP contribution in [0.4, 0.5) is 11.4 Å². The number of hydrogen-bond donors (Lipinski definition) is 0. The smallest absolute Gasteiger partial charge is 0.293 e. The number of carbonyl (C=O) groups excluding carboxylic acids is 2. The molecule has 1 saturated heterocycles. The number of benzene rings is 3. The van der Waals surface area contributed by atoms with Crippen LogP contribution in [0.15, 0.2) is 78.9 Å². The molecule has 4 rings (SSSR count). The van der Waals surface area contributed by atoms with Crippen molar-refractivity contribution < 1.29 is 14.5 Å². The number of carbonyl (C=O) groups is 2. The molecule has 172 valence electrons. The normalized spacial score (nSPS) is 14.3. The Balaban J connectivity index is 1.47. The third kappa shape index (κ3) is 5.41. The average Bonchev–Trinajstić information content (AvgIpc) is 2.88. The van der Waals surface area contributed by atoms with E-state index in [1.165, 1.54) is 12.1 Å². The largest absolute Gasteiger partial charge is 0.366 e. The molecule has 0 spiro atoms. The number of anilines is 1. The minimum atomic E-state index is -0.462. The van der Waals surface area contributed by atoms with Crippen LogP contribution in [0.5, 0.6) is 0 Å². The first-order chi connectivity index (χ1) is 16.4. The number of nitro groups is 1. The molecular formula is C27H23ClN2O4. The predicted molar refractivity (Wildman–Crippen MR) is 134 cm³/mol. The first-order valence-electron chi connectivity index (χ1n) is 11.0. The summed E-state index contributed by atoms with van der Waals surface area (Å²) in [5.74, 6) is -0.309. The zero-order valence-corrected chi connectivity index (χ0v) is 19.1. The van der Waals surface area contributed by atoms with Gasteiger partial charge in [-0.3, -0.25) is 19.7 Å². The molecular weight excluding hydrogens is 452 g/mol. The van der Waals surface area contributed by atoms with Crippen molar-refractivity contribution in [3.05, 3.63) is 111 Å². The highest BCUT2D eigenvalue weighted by atomic mass is 35.5. The Morgan fingerprint density at radius 1 is 0.941 bits per heavy atom. The molecule has 1 heterocycles. The molecule has 0 N–H and O–H groups in total. The van der Waals surface area contributed by atoms with E-state index in [9.17, 15) is 19.7 Å². The summed E-state index contributed by atoms with van der Waals surface area (Å²) in [4.78, 5) is 38.6. The SMILES string of the molecule is O=C(/C=C/c1ccc(Cl)cc1)c1ccc(N2CCC(C(=O)c3ccccc3)CC2)c([N+](=O)[O-])c1. The number of halogens is 1. The van der Waals surface area contributed by atoms with E-state index >= 15 is 0 Å². The molecule has 34 heavy (non-hydrogen) atoms. The summed E-state index contributed by atoms with van der Waals surface area (Å²) >= 11 is 5.87. The Morgan fingerprint density at radius 2 is 1.62 bits per heavy atom. The molecule has 0 saturated carbocycles. The fourth-order valence-corrected chi connectivity index (χ4v) is 4.28. The average molecular weight is 475 g/mol. The molecule has 0 aromatic heterocycles. The van der Waals surface area contributed by atoms with Gasteiger partial charge in [0.15, 0.2) is 11.6 Å². The van der Waals surface area contributed by atoms with Gasteiger partial charge in [0.2, 0.25) is 0 Å². The van der Waals surface area contributed by atoms with Crippen LogP contribution >= 0.6 is 11.6 Å². The predicted octanol–water partition coefficient (Wildman–Crippen LogP) is 6.24. The summed E-state index contributed by atoms with van der Waals surface area (Å²) in [5.41, 5.74) is 2.10. The molecule has 0 amide bonds. The van der Waals surface area contributed by atoms with Gasteiger partial charge in [-0.1, -0.05) is 60.1 Å². The number of rotatable bonds is 7. The second-order valence-electron chi connectivity index (χ2n) is 8.20. The molecule has 1 aliphatic heterocycles. The summed E-state index contributed by atoms with van der Waals surface area (Å²) in [6, 6.07) is 20.8. The van der Waals surface area contributed by atoms with Crippen LogP contribution in [0.25, 0.3) is 6.08 Å². The molecule has 1 aliphatic rings. The fourth-order valence-electron chi connectivity index (χ4n) is 4.15. The molecule has 7 heteroatoms. The van der Waals surface area contributed by atoms with Crippen molar-refractivity contribution in [2.45, 2.75) is 12.8 Å². The number of Topliss-reactive ketones (excluding diaryl/α,β-unsaturated/α-hetero) is 1. The lowest BCUT2D eigenvalue weighted by Crippen LogP contribution is -2.36. The highest BCUT2D eigenvalue weighted by molar-refractivity contribution is 6.30. The first kappa shape index (κ1) is 23.4. The maximum Gasteiger partial charge on any atom is 0.293 e. The van der Waals surface area contributed by atoms with Crippen LogP contribution in [0.3, 0.4) is 0 Å². The van der Waals surface area contributed by atoms with Crippen LogP contribution in [-0.4, -0.2) is 29.6 Å². The molecule has 0 radical (unpaired) electrons. The van der Waals surface area contributed by atoms with Crippen LogP contribution in [-0.2, 0) is 0 Å². The van der Waals surface area contributed by atoms with E-state index in [1.807, 2.05) is 35.2 Å². The van der Waals surface area contributed by atoms with E-state index in [-0.39, 0.29) is 28.7 Å². The Morgan fingerprint density at radius 3 is 2.26 bits per heavy atom. The minimum Gasteiger partial charge on any atom is -0.366 e. The molecule has 1 fully saturated rings. The van der Waals surface area contributed by atoms with Crippen molar-refractivity contribution in [1.82, 2.24) is 0 Å². The van der Waals surface area contributed by atoms with E-state index in [0.717, 1.165) is 5.56 Å². The van der Waals surface area contributed by atoms with E-state index in [4.69, 9.17) is 11.6 Å². The molecule has 3 aromatic carbocycles. The lowest BCUT2D eigenvalue weighted by molar-refractivity contribution is -0.384. The van der Waals surface area contributed by atoms with Gasteiger partial charge in [-0.15, -0.1) is 0 Å². The molecule has 0 bridgehead atoms. The summed E-state index contributed by atoms with van der Waals surface area (Å²) in [6.07, 6.45) is 4.28. The number of hydrogen-bond acceptors (Lipinski definition) is 5. The molecule has 6 nitrogen and oxygen atoms in total. The van der Waals surface area contributed by atoms with E-state index in [1.54, 1.807) is 42.5 Å². The maximum absolute atomic E-state index is 12.7. The zero-order valence-electron chi connectivity index (χ0n) is 18.4. The minimum absolute atomic E-state index is 0.100. The molecule has 0 atom stereocenters. The van der Waals surface area contributed by atoms with Crippen molar-refractivity contribution in [2.24, 2.45) is 5.92 Å². The fraction of sp³-hybridized carbons (Fsp3) is 0.185. The van der Waals surface area contributed by atoms with Gasteiger partial charge in [-0.2, -0.15) is 0 Å². The van der Waals surface area contributed by atoms with E-state index in [0.29, 0.717) is 42.2 Å². The second-order valence-corrected chi connectivity index (χ2v) is 8.64. The summed E-state index contributed by atoms with van der Waals surface area (Å²) in [5, 5.41) is 12.4. The Hall–Kier alpha value is -3.77. The van der Waals surface area contributed by atoms with Crippen LogP contribution in [0, 0.1) is 16.0 Å². The van der Waals surface area contributed by atoms with Crippen molar-refractivity contribution in [3.8, 4) is 0 Å². The molecule has 3 aromatic rings. The topological polar surface area (TPSA) is 80.5 Å². The van der Waals surface area contributed by atoms with Crippen molar-refractivity contribution in [2.75, 3.05) is 18.0 Å². The number of piperidine rings is 1. The van der Waals surface area contributed by atoms with Gasteiger partial charge < -0.3 is 4.90 Å². The third-order valence-corrected chi connectivity index (χ3v) is 6.27. The van der Waals surface area contributed by atoms with E-state index < -0.39 is 4.92 Å². The number of nitro benzene ring substituents is 1. The zero-order chi connectivity index (χ0) is 24.1. The van der Waals surface area contributed by atoms with Gasteiger partial charge in [0, 0.05) is 41.2 Å². The first-order valence-corrected chi connectivity index (χ1v) is 11.4. The highest BCUT2D eigenvalue weighted by Gasteiger charge is 2.29. The monoisotopic (exact) mass is 474 g/mol. The van der Waals surface area contributed by atoms with E-state index in [2.05, 4.69) is 0 Å². The standard InChI is InChI=1S/C27H23ClN2O4/c28-23-10-6-19(7-11-23)8-13-26(31)22-9-12-24(25(18-22)30(33)34)29-16-14-21(15-17-29)27(32)20-4-2-1-3-5-20/h1-13,18,21H,14-17H2/b13-8+. The quantitative estimate of drug-likeness (QED) is 0.175. The summed E-state index contributed by atoms with van der Waals surface area (Å²) < 4.78 is 0. The van der Waals surface area contributed by atoms with Crippen molar-refractivity contribution in [3.63, 3.8) is 0 Å². The number of nitrogens with zero attached hydrogens (tertiary/aromatic N) is 2. The third-order valence-electron chi connectivity index (χ3n) is 6.02. The van der Waals surface area contributed by atoms with Crippen molar-refractivity contribution >= 4 is 40.6 Å². The molecule has 0 aliphatic carbocycles. The van der Waals surface area contributed by atoms with Gasteiger partial charge in [0.25, 0.3) is 5.69 Å². The highest BCUT2D eigenvalue weighted by Crippen LogP contribution is 2.33. The number of allylic oxidation sites excluding steroid dienone is 1. The Bertz CT molecular complexity index is 1230. The summed E-state index contributed by atoms with van der Waals surface area (Å²) in [7, 11) is 0. The van der Waals surface area contributed by atoms with Crippen LogP contribution in [0.1, 0.15) is 39.1 Å². The summed E-state index contributed by atoms with van der Waals surface area (Å²) in [6.45, 7) is 1.07. The van der Waals surface area contributed by atoms with Crippen LogP contribution < -0.4 is 4.90 Å². The Labute approximate surface area is 202 Å². The van der Waals surface area contributed by atoms with Gasteiger partial charge in [0.05, 0.1) is 4.92 Å². The maximum atomic E-state index is 12.7. The van der Waals surface area contributed by atoms with Gasteiger partial charge in [0.1, 0.15) is 5.69 Å². The molecule has 0 unspecified atom stereocenters.